The number of nitrogens with one attached hydrogen (secondary N) is 1. The van der Waals surface area contributed by atoms with E-state index in [-0.39, 0.29) is 18.9 Å². The van der Waals surface area contributed by atoms with Crippen LogP contribution in [0.2, 0.25) is 0 Å². The van der Waals surface area contributed by atoms with E-state index in [0.29, 0.717) is 19.5 Å². The van der Waals surface area contributed by atoms with Gasteiger partial charge in [-0.25, -0.2) is 4.98 Å². The van der Waals surface area contributed by atoms with Gasteiger partial charge >= 0.3 is 6.18 Å². The van der Waals surface area contributed by atoms with Gasteiger partial charge < -0.3 is 14.6 Å². The lowest BCUT2D eigenvalue weighted by molar-refractivity contribution is -0.174. The SMILES string of the molecule is O=C(CCOCC(F)(F)F)NCCc1nccn1Cc1ccccc1. The molecule has 8 heteroatoms. The minimum Gasteiger partial charge on any atom is -0.372 e. The highest BCUT2D eigenvalue weighted by atomic mass is 19.4. The van der Waals surface area contributed by atoms with Crippen molar-refractivity contribution in [3.05, 3.63) is 54.1 Å². The Balaban J connectivity index is 1.68. The first-order chi connectivity index (χ1) is 11.9. The maximum Gasteiger partial charge on any atom is 0.411 e. The van der Waals surface area contributed by atoms with Gasteiger partial charge in [0.15, 0.2) is 0 Å². The maximum absolute atomic E-state index is 11.9. The van der Waals surface area contributed by atoms with Gasteiger partial charge in [-0.05, 0) is 5.56 Å². The molecule has 0 saturated carbocycles. The molecule has 0 saturated heterocycles. The van der Waals surface area contributed by atoms with E-state index >= 15 is 0 Å². The molecule has 0 aliphatic heterocycles. The average Bonchev–Trinajstić information content (AvgIpc) is 2.99. The molecule has 5 nitrogen and oxygen atoms in total. The molecule has 1 aromatic carbocycles. The number of halogens is 3. The number of carbonyl (C=O) groups is 1. The fourth-order valence-electron chi connectivity index (χ4n) is 2.25. The molecule has 0 aliphatic carbocycles. The molecule has 2 rings (SSSR count). The smallest absolute Gasteiger partial charge is 0.372 e. The molecule has 1 amide bonds. The highest BCUT2D eigenvalue weighted by Crippen LogP contribution is 2.14. The van der Waals surface area contributed by atoms with E-state index in [4.69, 9.17) is 0 Å². The third-order valence-corrected chi connectivity index (χ3v) is 3.41. The molecule has 1 aromatic heterocycles. The molecule has 1 N–H and O–H groups in total. The predicted octanol–water partition coefficient (Wildman–Crippen LogP) is 2.56. The van der Waals surface area contributed by atoms with E-state index in [1.807, 2.05) is 41.1 Å². The van der Waals surface area contributed by atoms with Crippen molar-refractivity contribution in [3.63, 3.8) is 0 Å². The monoisotopic (exact) mass is 355 g/mol. The lowest BCUT2D eigenvalue weighted by Gasteiger charge is -2.10. The first-order valence-electron chi connectivity index (χ1n) is 7.89. The second kappa shape index (κ2) is 9.22. The van der Waals surface area contributed by atoms with E-state index in [0.717, 1.165) is 11.4 Å². The molecule has 2 aromatic rings. The van der Waals surface area contributed by atoms with E-state index in [1.54, 1.807) is 6.20 Å². The van der Waals surface area contributed by atoms with Crippen LogP contribution in [0.3, 0.4) is 0 Å². The van der Waals surface area contributed by atoms with Gasteiger partial charge in [0.1, 0.15) is 12.4 Å². The van der Waals surface area contributed by atoms with Gasteiger partial charge in [0, 0.05) is 38.3 Å². The van der Waals surface area contributed by atoms with Crippen LogP contribution in [0.15, 0.2) is 42.7 Å². The van der Waals surface area contributed by atoms with Crippen molar-refractivity contribution in [1.29, 1.82) is 0 Å². The van der Waals surface area contributed by atoms with Crippen LogP contribution in [0, 0.1) is 0 Å². The number of hydrogen-bond acceptors (Lipinski definition) is 3. The molecule has 0 aliphatic rings. The van der Waals surface area contributed by atoms with Gasteiger partial charge in [-0.3, -0.25) is 4.79 Å². The van der Waals surface area contributed by atoms with Crippen LogP contribution >= 0.6 is 0 Å². The van der Waals surface area contributed by atoms with Crippen molar-refractivity contribution in [2.75, 3.05) is 19.8 Å². The van der Waals surface area contributed by atoms with E-state index in [2.05, 4.69) is 15.0 Å². The summed E-state index contributed by atoms with van der Waals surface area (Å²) in [6, 6.07) is 9.92. The normalized spacial score (nSPS) is 11.5. The van der Waals surface area contributed by atoms with Crippen LogP contribution in [-0.2, 0) is 22.5 Å². The lowest BCUT2D eigenvalue weighted by atomic mass is 10.2. The molecule has 0 atom stereocenters. The zero-order valence-electron chi connectivity index (χ0n) is 13.6. The van der Waals surface area contributed by atoms with Gasteiger partial charge in [-0.15, -0.1) is 0 Å². The summed E-state index contributed by atoms with van der Waals surface area (Å²) in [5.74, 6) is 0.487. The minimum atomic E-state index is -4.37. The summed E-state index contributed by atoms with van der Waals surface area (Å²) in [6.45, 7) is -0.537. The standard InChI is InChI=1S/C17H20F3N3O2/c18-17(19,20)13-25-11-7-16(24)22-8-6-15-21-9-10-23(15)12-14-4-2-1-3-5-14/h1-5,9-10H,6-8,11-13H2,(H,22,24). The van der Waals surface area contributed by atoms with Crippen LogP contribution < -0.4 is 5.32 Å². The number of alkyl halides is 3. The third-order valence-electron chi connectivity index (χ3n) is 3.41. The van der Waals surface area contributed by atoms with Crippen molar-refractivity contribution in [2.45, 2.75) is 25.6 Å². The number of ether oxygens (including phenoxy) is 1. The van der Waals surface area contributed by atoms with Crippen molar-refractivity contribution < 1.29 is 22.7 Å². The highest BCUT2D eigenvalue weighted by molar-refractivity contribution is 5.75. The summed E-state index contributed by atoms with van der Waals surface area (Å²) >= 11 is 0. The molecule has 0 spiro atoms. The lowest BCUT2D eigenvalue weighted by Crippen LogP contribution is -2.28. The molecule has 136 valence electrons. The molecule has 0 radical (unpaired) electrons. The fraction of sp³-hybridized carbons (Fsp3) is 0.412. The molecule has 1 heterocycles. The van der Waals surface area contributed by atoms with E-state index in [9.17, 15) is 18.0 Å². The Labute approximate surface area is 143 Å². The first-order valence-corrected chi connectivity index (χ1v) is 7.89. The average molecular weight is 355 g/mol. The van der Waals surface area contributed by atoms with Crippen LogP contribution in [0.4, 0.5) is 13.2 Å². The summed E-state index contributed by atoms with van der Waals surface area (Å²) in [5.41, 5.74) is 1.15. The van der Waals surface area contributed by atoms with Gasteiger partial charge in [0.2, 0.25) is 5.91 Å². The Bertz CT molecular complexity index is 657. The van der Waals surface area contributed by atoms with Crippen molar-refractivity contribution in [3.8, 4) is 0 Å². The number of imidazole rings is 1. The maximum atomic E-state index is 11.9. The van der Waals surface area contributed by atoms with Crippen LogP contribution in [-0.4, -0.2) is 41.4 Å². The van der Waals surface area contributed by atoms with Crippen LogP contribution in [0.25, 0.3) is 0 Å². The van der Waals surface area contributed by atoms with E-state index in [1.165, 1.54) is 0 Å². The van der Waals surface area contributed by atoms with Crippen molar-refractivity contribution >= 4 is 5.91 Å². The number of amides is 1. The molecule has 25 heavy (non-hydrogen) atoms. The third kappa shape index (κ3) is 7.38. The number of carbonyl (C=O) groups excluding carboxylic acids is 1. The fourth-order valence-corrected chi connectivity index (χ4v) is 2.25. The van der Waals surface area contributed by atoms with Gasteiger partial charge in [-0.2, -0.15) is 13.2 Å². The summed E-state index contributed by atoms with van der Waals surface area (Å²) in [4.78, 5) is 15.8. The highest BCUT2D eigenvalue weighted by Gasteiger charge is 2.27. The summed E-state index contributed by atoms with van der Waals surface area (Å²) in [6.07, 6.45) is -0.365. The topological polar surface area (TPSA) is 56.1 Å². The zero-order chi connectivity index (χ0) is 18.1. The second-order valence-corrected chi connectivity index (χ2v) is 5.47. The second-order valence-electron chi connectivity index (χ2n) is 5.47. The minimum absolute atomic E-state index is 0.103. The number of benzene rings is 1. The number of aromatic nitrogens is 2. The molecule has 0 bridgehead atoms. The molecule has 0 fully saturated rings. The van der Waals surface area contributed by atoms with Crippen molar-refractivity contribution in [1.82, 2.24) is 14.9 Å². The number of hydrogen-bond donors (Lipinski definition) is 1. The summed E-state index contributed by atoms with van der Waals surface area (Å²) in [7, 11) is 0. The number of rotatable bonds is 9. The van der Waals surface area contributed by atoms with Gasteiger partial charge in [-0.1, -0.05) is 30.3 Å². The Morgan fingerprint density at radius 1 is 1.24 bits per heavy atom. The zero-order valence-corrected chi connectivity index (χ0v) is 13.6. The molecular formula is C17H20F3N3O2. The van der Waals surface area contributed by atoms with Crippen LogP contribution in [0.5, 0.6) is 0 Å². The van der Waals surface area contributed by atoms with E-state index < -0.39 is 12.8 Å². The van der Waals surface area contributed by atoms with Gasteiger partial charge in [0.25, 0.3) is 0 Å². The van der Waals surface area contributed by atoms with Gasteiger partial charge in [0.05, 0.1) is 6.61 Å². The summed E-state index contributed by atoms with van der Waals surface area (Å²) < 4.78 is 42.1. The molecule has 0 unspecified atom stereocenters. The van der Waals surface area contributed by atoms with Crippen LogP contribution in [0.1, 0.15) is 17.8 Å². The van der Waals surface area contributed by atoms with Crippen molar-refractivity contribution in [2.24, 2.45) is 0 Å². The quantitative estimate of drug-likeness (QED) is 0.704. The Hall–Kier alpha value is -2.35. The first kappa shape index (κ1) is 19.0. The Kier molecular flexibility index (Phi) is 7.00. The Morgan fingerprint density at radius 3 is 2.72 bits per heavy atom. The summed E-state index contributed by atoms with van der Waals surface area (Å²) in [5, 5.41) is 2.66. The Morgan fingerprint density at radius 2 is 2.00 bits per heavy atom. The molecular weight excluding hydrogens is 335 g/mol. The predicted molar refractivity (Wildman–Crippen MR) is 86.0 cm³/mol. The largest absolute Gasteiger partial charge is 0.411 e. The number of nitrogens with zero attached hydrogens (tertiary/aromatic N) is 2.